The van der Waals surface area contributed by atoms with E-state index in [1.807, 2.05) is 0 Å². The smallest absolute Gasteiger partial charge is 0.194 e. The van der Waals surface area contributed by atoms with Crippen LogP contribution in [0.3, 0.4) is 0 Å². The van der Waals surface area contributed by atoms with Crippen molar-refractivity contribution in [2.24, 2.45) is 11.8 Å². The van der Waals surface area contributed by atoms with Crippen molar-refractivity contribution in [1.29, 1.82) is 0 Å². The summed E-state index contributed by atoms with van der Waals surface area (Å²) in [6, 6.07) is 2.31. The van der Waals surface area contributed by atoms with Crippen LogP contribution in [0.15, 0.2) is 23.8 Å². The van der Waals surface area contributed by atoms with Gasteiger partial charge in [-0.1, -0.05) is 31.4 Å². The van der Waals surface area contributed by atoms with Gasteiger partial charge in [0.05, 0.1) is 0 Å². The number of allylic oxidation sites excluding steroid dienone is 2. The molecule has 3 heteroatoms. The van der Waals surface area contributed by atoms with Crippen LogP contribution in [0.2, 0.25) is 0 Å². The van der Waals surface area contributed by atoms with E-state index in [1.165, 1.54) is 31.3 Å². The highest BCUT2D eigenvalue weighted by Crippen LogP contribution is 2.40. The van der Waals surface area contributed by atoms with Gasteiger partial charge in [0.1, 0.15) is 0 Å². The van der Waals surface area contributed by atoms with E-state index in [4.69, 9.17) is 0 Å². The maximum atomic E-state index is 13.4. The van der Waals surface area contributed by atoms with Crippen LogP contribution in [-0.2, 0) is 0 Å². The fourth-order valence-electron chi connectivity index (χ4n) is 3.97. The summed E-state index contributed by atoms with van der Waals surface area (Å²) in [5, 5.41) is 0. The fourth-order valence-corrected chi connectivity index (χ4v) is 3.97. The van der Waals surface area contributed by atoms with Gasteiger partial charge in [-0.05, 0) is 67.6 Å². The van der Waals surface area contributed by atoms with E-state index in [0.29, 0.717) is 11.5 Å². The molecule has 1 aromatic carbocycles. The molecule has 0 bridgehead atoms. The van der Waals surface area contributed by atoms with Crippen LogP contribution in [0.1, 0.15) is 63.4 Å². The summed E-state index contributed by atoms with van der Waals surface area (Å²) in [6.45, 7) is 2.32. The SMILES string of the molecule is CC1CCC(C2=CCC(c3cc(F)c(F)c(F)c3)CC2)CC1. The lowest BCUT2D eigenvalue weighted by Crippen LogP contribution is -2.17. The highest BCUT2D eigenvalue weighted by Gasteiger charge is 2.25. The summed E-state index contributed by atoms with van der Waals surface area (Å²) >= 11 is 0. The van der Waals surface area contributed by atoms with Crippen LogP contribution in [0, 0.1) is 29.3 Å². The van der Waals surface area contributed by atoms with Crippen LogP contribution in [0.25, 0.3) is 0 Å². The summed E-state index contributed by atoms with van der Waals surface area (Å²) in [5.74, 6) is -1.86. The zero-order chi connectivity index (χ0) is 15.7. The third kappa shape index (κ3) is 3.23. The summed E-state index contributed by atoms with van der Waals surface area (Å²) in [4.78, 5) is 0. The molecule has 22 heavy (non-hydrogen) atoms. The third-order valence-corrected chi connectivity index (χ3v) is 5.46. The van der Waals surface area contributed by atoms with Gasteiger partial charge in [-0.15, -0.1) is 0 Å². The largest absolute Gasteiger partial charge is 0.204 e. The molecule has 1 atom stereocenters. The van der Waals surface area contributed by atoms with Gasteiger partial charge < -0.3 is 0 Å². The van der Waals surface area contributed by atoms with Crippen molar-refractivity contribution in [1.82, 2.24) is 0 Å². The molecular formula is C19H23F3. The van der Waals surface area contributed by atoms with E-state index >= 15 is 0 Å². The standard InChI is InChI=1S/C19H23F3/c1-12-2-4-13(5-3-12)14-6-8-15(9-7-14)16-10-17(20)19(22)18(21)11-16/h6,10-13,15H,2-5,7-9H2,1H3. The Balaban J connectivity index is 1.68. The summed E-state index contributed by atoms with van der Waals surface area (Å²) in [7, 11) is 0. The number of benzene rings is 1. The predicted octanol–water partition coefficient (Wildman–Crippen LogP) is 6.12. The van der Waals surface area contributed by atoms with Crippen molar-refractivity contribution in [2.75, 3.05) is 0 Å². The van der Waals surface area contributed by atoms with E-state index < -0.39 is 17.5 Å². The zero-order valence-electron chi connectivity index (χ0n) is 13.0. The van der Waals surface area contributed by atoms with Crippen molar-refractivity contribution in [3.63, 3.8) is 0 Å². The monoisotopic (exact) mass is 308 g/mol. The summed E-state index contributed by atoms with van der Waals surface area (Å²) in [5.41, 5.74) is 2.12. The van der Waals surface area contributed by atoms with Gasteiger partial charge in [0.25, 0.3) is 0 Å². The Morgan fingerprint density at radius 1 is 0.864 bits per heavy atom. The lowest BCUT2D eigenvalue weighted by molar-refractivity contribution is 0.310. The molecule has 0 spiro atoms. The molecule has 3 rings (SSSR count). The topological polar surface area (TPSA) is 0 Å². The second kappa shape index (κ2) is 6.47. The maximum Gasteiger partial charge on any atom is 0.194 e. The molecule has 0 aliphatic heterocycles. The summed E-state index contributed by atoms with van der Waals surface area (Å²) in [6.07, 6.45) is 10.2. The maximum absolute atomic E-state index is 13.4. The molecule has 1 saturated carbocycles. The van der Waals surface area contributed by atoms with Crippen LogP contribution in [-0.4, -0.2) is 0 Å². The molecule has 0 heterocycles. The van der Waals surface area contributed by atoms with E-state index in [1.54, 1.807) is 0 Å². The van der Waals surface area contributed by atoms with Gasteiger partial charge in [-0.3, -0.25) is 0 Å². The van der Waals surface area contributed by atoms with Gasteiger partial charge >= 0.3 is 0 Å². The molecule has 2 aliphatic rings. The van der Waals surface area contributed by atoms with Crippen LogP contribution in [0.5, 0.6) is 0 Å². The van der Waals surface area contributed by atoms with Crippen LogP contribution < -0.4 is 0 Å². The Morgan fingerprint density at radius 2 is 1.50 bits per heavy atom. The molecule has 1 unspecified atom stereocenters. The fraction of sp³-hybridized carbons (Fsp3) is 0.579. The Hall–Kier alpha value is -1.25. The van der Waals surface area contributed by atoms with Crippen molar-refractivity contribution in [3.05, 3.63) is 46.8 Å². The lowest BCUT2D eigenvalue weighted by atomic mass is 9.74. The molecule has 0 aromatic heterocycles. The minimum absolute atomic E-state index is 0.107. The van der Waals surface area contributed by atoms with Gasteiger partial charge in [-0.25, -0.2) is 13.2 Å². The molecular weight excluding hydrogens is 285 g/mol. The first-order valence-electron chi connectivity index (χ1n) is 8.38. The molecule has 0 radical (unpaired) electrons. The summed E-state index contributed by atoms with van der Waals surface area (Å²) < 4.78 is 39.8. The van der Waals surface area contributed by atoms with E-state index in [9.17, 15) is 13.2 Å². The average Bonchev–Trinajstić information content (AvgIpc) is 2.53. The number of hydrogen-bond acceptors (Lipinski definition) is 0. The quantitative estimate of drug-likeness (QED) is 0.456. The number of rotatable bonds is 2. The minimum Gasteiger partial charge on any atom is -0.204 e. The Labute approximate surface area is 130 Å². The van der Waals surface area contributed by atoms with E-state index in [0.717, 1.165) is 37.3 Å². The van der Waals surface area contributed by atoms with Gasteiger partial charge in [0.15, 0.2) is 17.5 Å². The second-order valence-corrected chi connectivity index (χ2v) is 7.01. The molecule has 0 nitrogen and oxygen atoms in total. The minimum atomic E-state index is -1.37. The molecule has 2 aliphatic carbocycles. The normalized spacial score (nSPS) is 29.3. The number of halogens is 3. The first kappa shape index (κ1) is 15.6. The van der Waals surface area contributed by atoms with Crippen LogP contribution in [0.4, 0.5) is 13.2 Å². The molecule has 1 fully saturated rings. The molecule has 1 aromatic rings. The van der Waals surface area contributed by atoms with Crippen LogP contribution >= 0.6 is 0 Å². The van der Waals surface area contributed by atoms with Crippen molar-refractivity contribution < 1.29 is 13.2 Å². The van der Waals surface area contributed by atoms with E-state index in [-0.39, 0.29) is 5.92 Å². The van der Waals surface area contributed by atoms with Gasteiger partial charge in [0.2, 0.25) is 0 Å². The van der Waals surface area contributed by atoms with Crippen molar-refractivity contribution in [2.45, 2.75) is 57.8 Å². The van der Waals surface area contributed by atoms with Gasteiger partial charge in [-0.2, -0.15) is 0 Å². The first-order valence-corrected chi connectivity index (χ1v) is 8.38. The highest BCUT2D eigenvalue weighted by atomic mass is 19.2. The molecule has 0 N–H and O–H groups in total. The lowest BCUT2D eigenvalue weighted by Gasteiger charge is -2.32. The van der Waals surface area contributed by atoms with Crippen molar-refractivity contribution in [3.8, 4) is 0 Å². The molecule has 0 amide bonds. The third-order valence-electron chi connectivity index (χ3n) is 5.46. The average molecular weight is 308 g/mol. The zero-order valence-corrected chi connectivity index (χ0v) is 13.0. The highest BCUT2D eigenvalue weighted by molar-refractivity contribution is 5.26. The van der Waals surface area contributed by atoms with E-state index in [2.05, 4.69) is 13.0 Å². The Bertz CT molecular complexity index is 545. The first-order chi connectivity index (χ1) is 10.5. The molecule has 0 saturated heterocycles. The Morgan fingerprint density at radius 3 is 2.05 bits per heavy atom. The molecule has 120 valence electrons. The van der Waals surface area contributed by atoms with Crippen molar-refractivity contribution >= 4 is 0 Å². The predicted molar refractivity (Wildman–Crippen MR) is 82.1 cm³/mol. The van der Waals surface area contributed by atoms with Gasteiger partial charge in [0, 0.05) is 0 Å². The number of hydrogen-bond donors (Lipinski definition) is 0. The Kier molecular flexibility index (Phi) is 4.60. The second-order valence-electron chi connectivity index (χ2n) is 7.01.